The molecule has 168 valence electrons. The van der Waals surface area contributed by atoms with Gasteiger partial charge in [0.1, 0.15) is 28.7 Å². The van der Waals surface area contributed by atoms with Crippen LogP contribution >= 0.6 is 0 Å². The maximum Gasteiger partial charge on any atom is 0.244 e. The van der Waals surface area contributed by atoms with Gasteiger partial charge in [0.15, 0.2) is 0 Å². The average Bonchev–Trinajstić information content (AvgIpc) is 2.77. The lowest BCUT2D eigenvalue weighted by molar-refractivity contribution is -0.116. The maximum atomic E-state index is 13.9. The Morgan fingerprint density at radius 2 is 1.82 bits per heavy atom. The molecule has 0 aliphatic rings. The lowest BCUT2D eigenvalue weighted by Gasteiger charge is -2.14. The lowest BCUT2D eigenvalue weighted by Crippen LogP contribution is -2.24. The molecule has 0 aliphatic heterocycles. The summed E-state index contributed by atoms with van der Waals surface area (Å²) in [5, 5.41) is 2.38. The van der Waals surface area contributed by atoms with E-state index in [0.717, 1.165) is 18.3 Å². The molecule has 2 heterocycles. The second-order valence-corrected chi connectivity index (χ2v) is 9.18. The third-order valence-electron chi connectivity index (χ3n) is 4.89. The Morgan fingerprint density at radius 3 is 2.55 bits per heavy atom. The van der Waals surface area contributed by atoms with Crippen LogP contribution in [0.15, 0.2) is 81.4 Å². The summed E-state index contributed by atoms with van der Waals surface area (Å²) in [6.07, 6.45) is 0.998. The minimum atomic E-state index is -4.41. The molecule has 0 fully saturated rings. The summed E-state index contributed by atoms with van der Waals surface area (Å²) in [5.74, 6) is -2.08. The predicted octanol–water partition coefficient (Wildman–Crippen LogP) is 3.45. The molecule has 0 atom stereocenters. The molecule has 10 heteroatoms. The fourth-order valence-corrected chi connectivity index (χ4v) is 4.71. The zero-order valence-electron chi connectivity index (χ0n) is 17.2. The van der Waals surface area contributed by atoms with Crippen LogP contribution in [0.25, 0.3) is 11.0 Å². The van der Waals surface area contributed by atoms with E-state index in [1.165, 1.54) is 47.0 Å². The third kappa shape index (κ3) is 4.37. The molecule has 2 aromatic carbocycles. The van der Waals surface area contributed by atoms with E-state index in [-0.39, 0.29) is 16.7 Å². The molecular formula is C23H17F2N3O4S. The summed E-state index contributed by atoms with van der Waals surface area (Å²) in [6.45, 7) is 1.22. The van der Waals surface area contributed by atoms with Crippen molar-refractivity contribution in [2.75, 3.05) is 5.32 Å². The molecule has 4 aromatic rings. The topological polar surface area (TPSA) is 98.1 Å². The first kappa shape index (κ1) is 22.3. The summed E-state index contributed by atoms with van der Waals surface area (Å²) in [7, 11) is -4.41. The van der Waals surface area contributed by atoms with Gasteiger partial charge in [-0.2, -0.15) is 0 Å². The molecule has 0 spiro atoms. The Morgan fingerprint density at radius 1 is 1.06 bits per heavy atom. The van der Waals surface area contributed by atoms with Gasteiger partial charge in [-0.05, 0) is 49.4 Å². The van der Waals surface area contributed by atoms with Gasteiger partial charge in [-0.1, -0.05) is 18.2 Å². The second-order valence-electron chi connectivity index (χ2n) is 7.26. The number of sulfone groups is 1. The largest absolute Gasteiger partial charge is 0.322 e. The van der Waals surface area contributed by atoms with Crippen LogP contribution in [0.3, 0.4) is 0 Å². The normalized spacial score (nSPS) is 11.5. The first-order chi connectivity index (χ1) is 15.7. The minimum Gasteiger partial charge on any atom is -0.322 e. The van der Waals surface area contributed by atoms with Crippen molar-refractivity contribution >= 4 is 32.5 Å². The first-order valence-electron chi connectivity index (χ1n) is 9.72. The molecule has 4 rings (SSSR count). The predicted molar refractivity (Wildman–Crippen MR) is 118 cm³/mol. The highest BCUT2D eigenvalue weighted by Gasteiger charge is 2.25. The van der Waals surface area contributed by atoms with E-state index in [9.17, 15) is 26.8 Å². The van der Waals surface area contributed by atoms with E-state index in [1.807, 2.05) is 0 Å². The number of anilines is 1. The summed E-state index contributed by atoms with van der Waals surface area (Å²) in [4.78, 5) is 28.9. The lowest BCUT2D eigenvalue weighted by atomic mass is 10.2. The van der Waals surface area contributed by atoms with Gasteiger partial charge >= 0.3 is 0 Å². The van der Waals surface area contributed by atoms with Crippen LogP contribution < -0.4 is 10.7 Å². The van der Waals surface area contributed by atoms with Crippen molar-refractivity contribution in [2.24, 2.45) is 0 Å². The summed E-state index contributed by atoms with van der Waals surface area (Å²) in [6, 6.07) is 12.8. The molecule has 0 radical (unpaired) electrons. The van der Waals surface area contributed by atoms with Gasteiger partial charge < -0.3 is 9.88 Å². The molecule has 1 N–H and O–H groups in total. The highest BCUT2D eigenvalue weighted by atomic mass is 32.2. The quantitative estimate of drug-likeness (QED) is 0.483. The Balaban J connectivity index is 1.85. The van der Waals surface area contributed by atoms with Gasteiger partial charge in [-0.25, -0.2) is 22.2 Å². The Kier molecular flexibility index (Phi) is 5.77. The molecule has 2 aromatic heterocycles. The van der Waals surface area contributed by atoms with E-state index in [0.29, 0.717) is 5.69 Å². The number of aromatic nitrogens is 2. The second kappa shape index (κ2) is 8.55. The maximum absolute atomic E-state index is 13.9. The van der Waals surface area contributed by atoms with Crippen molar-refractivity contribution in [1.82, 2.24) is 9.55 Å². The van der Waals surface area contributed by atoms with Crippen molar-refractivity contribution in [3.05, 3.63) is 94.4 Å². The molecule has 1 amide bonds. The van der Waals surface area contributed by atoms with E-state index < -0.39 is 49.1 Å². The van der Waals surface area contributed by atoms with Gasteiger partial charge in [-0.15, -0.1) is 0 Å². The fourth-order valence-electron chi connectivity index (χ4n) is 3.31. The van der Waals surface area contributed by atoms with Crippen LogP contribution in [0.5, 0.6) is 0 Å². The Labute approximate surface area is 187 Å². The van der Waals surface area contributed by atoms with E-state index in [1.54, 1.807) is 13.0 Å². The van der Waals surface area contributed by atoms with E-state index >= 15 is 0 Å². The van der Waals surface area contributed by atoms with Gasteiger partial charge in [-0.3, -0.25) is 9.59 Å². The summed E-state index contributed by atoms with van der Waals surface area (Å²) >= 11 is 0. The van der Waals surface area contributed by atoms with Gasteiger partial charge in [0.25, 0.3) is 0 Å². The number of rotatable bonds is 5. The van der Waals surface area contributed by atoms with Crippen LogP contribution in [0.4, 0.5) is 14.5 Å². The standard InChI is InChI=1S/C23H17F2N3O4S/c1-14-9-10-17-22(30)20(33(31,32)16-6-4-5-15(24)11-16)12-28(23(17)26-14)13-21(29)27-19-8-3-2-7-18(19)25/h2-12H,13H2,1H3,(H,27,29). The number of hydrogen-bond donors (Lipinski definition) is 1. The fraction of sp³-hybridized carbons (Fsp3) is 0.0870. The number of aryl methyl sites for hydroxylation is 1. The zero-order valence-corrected chi connectivity index (χ0v) is 18.1. The number of carbonyl (C=O) groups is 1. The average molecular weight is 469 g/mol. The molecule has 0 unspecified atom stereocenters. The number of para-hydroxylation sites is 1. The number of pyridine rings is 2. The molecule has 7 nitrogen and oxygen atoms in total. The number of fused-ring (bicyclic) bond motifs is 1. The van der Waals surface area contributed by atoms with Gasteiger partial charge in [0.05, 0.1) is 16.0 Å². The van der Waals surface area contributed by atoms with Crippen molar-refractivity contribution in [1.29, 1.82) is 0 Å². The Bertz CT molecular complexity index is 1570. The van der Waals surface area contributed by atoms with Crippen LogP contribution in [0.2, 0.25) is 0 Å². The Hall–Kier alpha value is -3.92. The van der Waals surface area contributed by atoms with Crippen molar-refractivity contribution in [3.8, 4) is 0 Å². The number of nitrogens with zero attached hydrogens (tertiary/aromatic N) is 2. The first-order valence-corrected chi connectivity index (χ1v) is 11.2. The van der Waals surface area contributed by atoms with Crippen LogP contribution in [-0.2, 0) is 21.2 Å². The van der Waals surface area contributed by atoms with Gasteiger partial charge in [0, 0.05) is 11.9 Å². The third-order valence-corrected chi connectivity index (χ3v) is 6.63. The highest BCUT2D eigenvalue weighted by molar-refractivity contribution is 7.91. The SMILES string of the molecule is Cc1ccc2c(=O)c(S(=O)(=O)c3cccc(F)c3)cn(CC(=O)Nc3ccccc3F)c2n1. The summed E-state index contributed by atoms with van der Waals surface area (Å²) in [5.41, 5.74) is -0.259. The van der Waals surface area contributed by atoms with E-state index in [2.05, 4.69) is 10.3 Å². The van der Waals surface area contributed by atoms with Crippen LogP contribution in [0, 0.1) is 18.6 Å². The van der Waals surface area contributed by atoms with Crippen molar-refractivity contribution in [2.45, 2.75) is 23.3 Å². The number of amides is 1. The van der Waals surface area contributed by atoms with Crippen LogP contribution in [0.1, 0.15) is 5.69 Å². The molecule has 0 aliphatic carbocycles. The zero-order chi connectivity index (χ0) is 23.8. The molecular weight excluding hydrogens is 452 g/mol. The molecule has 0 saturated carbocycles. The van der Waals surface area contributed by atoms with E-state index in [4.69, 9.17) is 0 Å². The molecule has 0 bridgehead atoms. The van der Waals surface area contributed by atoms with Gasteiger partial charge in [0.2, 0.25) is 21.2 Å². The summed E-state index contributed by atoms with van der Waals surface area (Å²) < 4.78 is 55.0. The number of halogens is 2. The number of carbonyl (C=O) groups excluding carboxylic acids is 1. The minimum absolute atomic E-state index is 0.0308. The monoisotopic (exact) mass is 469 g/mol. The van der Waals surface area contributed by atoms with Crippen LogP contribution in [-0.4, -0.2) is 23.9 Å². The highest BCUT2D eigenvalue weighted by Crippen LogP contribution is 2.22. The number of benzene rings is 2. The van der Waals surface area contributed by atoms with Crippen molar-refractivity contribution < 1.29 is 22.0 Å². The number of nitrogens with one attached hydrogen (secondary N) is 1. The number of hydrogen-bond acceptors (Lipinski definition) is 5. The van der Waals surface area contributed by atoms with Crippen molar-refractivity contribution in [3.63, 3.8) is 0 Å². The molecule has 0 saturated heterocycles. The smallest absolute Gasteiger partial charge is 0.244 e. The molecule has 33 heavy (non-hydrogen) atoms.